The number of cyclic esters (lactones) is 1. The summed E-state index contributed by atoms with van der Waals surface area (Å²) in [4.78, 5) is 29.4. The van der Waals surface area contributed by atoms with E-state index in [-0.39, 0.29) is 18.9 Å². The number of nitrogens with zero attached hydrogens (tertiary/aromatic N) is 4. The zero-order chi connectivity index (χ0) is 24.3. The van der Waals surface area contributed by atoms with E-state index < -0.39 is 34.5 Å². The van der Waals surface area contributed by atoms with Crippen LogP contribution < -0.4 is 20.0 Å². The van der Waals surface area contributed by atoms with Crippen LogP contribution in [0.2, 0.25) is 0 Å². The third-order valence-corrected chi connectivity index (χ3v) is 5.57. The van der Waals surface area contributed by atoms with Crippen LogP contribution in [-0.2, 0) is 9.47 Å². The molecule has 2 amide bonds. The molecule has 2 fully saturated rings. The molecule has 2 aliphatic rings. The van der Waals surface area contributed by atoms with Crippen molar-refractivity contribution in [3.8, 4) is 0 Å². The van der Waals surface area contributed by atoms with Crippen molar-refractivity contribution in [1.82, 2.24) is 10.5 Å². The minimum absolute atomic E-state index is 0.0668. The molecular formula is C20H21Cl3FN5O5. The fourth-order valence-electron chi connectivity index (χ4n) is 3.69. The summed E-state index contributed by atoms with van der Waals surface area (Å²) < 4.78 is 28.3. The summed E-state index contributed by atoms with van der Waals surface area (Å²) in [5, 5.41) is 6.94. The molecule has 1 atom stereocenters. The molecule has 2 saturated heterocycles. The maximum Gasteiger partial charge on any atom is 0.415 e. The summed E-state index contributed by atoms with van der Waals surface area (Å²) >= 11 is 16.9. The summed E-state index contributed by atoms with van der Waals surface area (Å²) in [6.07, 6.45) is -1.05. The Labute approximate surface area is 209 Å². The lowest BCUT2D eigenvalue weighted by molar-refractivity contribution is 0.133. The van der Waals surface area contributed by atoms with Crippen LogP contribution in [0, 0.1) is 5.82 Å². The summed E-state index contributed by atoms with van der Waals surface area (Å²) in [5.41, 5.74) is 0.818. The molecule has 1 aromatic carbocycles. The second kappa shape index (κ2) is 10.4. The van der Waals surface area contributed by atoms with E-state index in [2.05, 4.69) is 10.5 Å². The maximum absolute atomic E-state index is 14.8. The molecule has 2 aromatic rings. The smallest absolute Gasteiger partial charge is 0.415 e. The molecule has 0 spiro atoms. The summed E-state index contributed by atoms with van der Waals surface area (Å²) in [5.74, 6) is -0.314. The van der Waals surface area contributed by atoms with Gasteiger partial charge in [-0.2, -0.15) is 0 Å². The van der Waals surface area contributed by atoms with Gasteiger partial charge in [-0.05, 0) is 18.2 Å². The molecule has 10 nitrogen and oxygen atoms in total. The van der Waals surface area contributed by atoms with Crippen LogP contribution in [0.15, 0.2) is 35.1 Å². The van der Waals surface area contributed by atoms with E-state index in [9.17, 15) is 14.0 Å². The largest absolute Gasteiger partial charge is 0.445 e. The zero-order valence-electron chi connectivity index (χ0n) is 17.8. The molecule has 184 valence electrons. The minimum Gasteiger partial charge on any atom is -0.445 e. The number of carbonyl (C=O) groups excluding carboxylic acids is 2. The van der Waals surface area contributed by atoms with Crippen LogP contribution >= 0.6 is 34.8 Å². The van der Waals surface area contributed by atoms with Crippen molar-refractivity contribution in [2.75, 3.05) is 60.6 Å². The van der Waals surface area contributed by atoms with Gasteiger partial charge in [0.05, 0.1) is 24.5 Å². The van der Waals surface area contributed by atoms with Crippen LogP contribution in [0.25, 0.3) is 0 Å². The maximum atomic E-state index is 14.8. The Balaban J connectivity index is 1.44. The van der Waals surface area contributed by atoms with Gasteiger partial charge in [0, 0.05) is 32.2 Å². The topological polar surface area (TPSA) is 100 Å². The van der Waals surface area contributed by atoms with Crippen molar-refractivity contribution in [2.45, 2.75) is 9.90 Å². The number of anilines is 3. The highest BCUT2D eigenvalue weighted by Crippen LogP contribution is 2.29. The number of nitrogens with one attached hydrogen (secondary N) is 1. The molecule has 0 aliphatic carbocycles. The number of piperazine rings is 1. The van der Waals surface area contributed by atoms with Gasteiger partial charge in [-0.25, -0.2) is 14.0 Å². The van der Waals surface area contributed by atoms with Gasteiger partial charge in [0.25, 0.3) is 0 Å². The van der Waals surface area contributed by atoms with Gasteiger partial charge in [0.2, 0.25) is 3.79 Å². The number of rotatable bonds is 6. The summed E-state index contributed by atoms with van der Waals surface area (Å²) in [6, 6.07) is 6.03. The zero-order valence-corrected chi connectivity index (χ0v) is 20.0. The molecule has 34 heavy (non-hydrogen) atoms. The number of amides is 2. The van der Waals surface area contributed by atoms with Crippen LogP contribution in [0.3, 0.4) is 0 Å². The number of carbonyl (C=O) groups is 2. The first kappa shape index (κ1) is 24.6. The Morgan fingerprint density at radius 3 is 2.71 bits per heavy atom. The molecule has 2 aliphatic heterocycles. The highest BCUT2D eigenvalue weighted by Gasteiger charge is 2.37. The second-order valence-electron chi connectivity index (χ2n) is 7.63. The summed E-state index contributed by atoms with van der Waals surface area (Å²) in [6.45, 7) is 2.37. The van der Waals surface area contributed by atoms with Gasteiger partial charge >= 0.3 is 12.2 Å². The molecule has 1 N–H and O–H groups in total. The van der Waals surface area contributed by atoms with Crippen molar-refractivity contribution < 1.29 is 28.0 Å². The van der Waals surface area contributed by atoms with E-state index >= 15 is 0 Å². The average Bonchev–Trinajstić information content (AvgIpc) is 3.45. The van der Waals surface area contributed by atoms with Crippen LogP contribution in [0.1, 0.15) is 0 Å². The van der Waals surface area contributed by atoms with Gasteiger partial charge in [-0.1, -0.05) is 40.0 Å². The van der Waals surface area contributed by atoms with Crippen LogP contribution in [-0.4, -0.2) is 73.1 Å². The quantitative estimate of drug-likeness (QED) is 0.560. The Kier molecular flexibility index (Phi) is 7.56. The lowest BCUT2D eigenvalue weighted by Crippen LogP contribution is -2.43. The number of alkyl halides is 3. The minimum atomic E-state index is -1.80. The predicted octanol–water partition coefficient (Wildman–Crippen LogP) is 3.56. The molecule has 14 heteroatoms. The number of hydrogen-bond acceptors (Lipinski definition) is 8. The fraction of sp³-hybridized carbons (Fsp3) is 0.450. The van der Waals surface area contributed by atoms with Crippen molar-refractivity contribution in [3.63, 3.8) is 0 Å². The van der Waals surface area contributed by atoms with Crippen molar-refractivity contribution in [3.05, 3.63) is 36.3 Å². The molecule has 1 aromatic heterocycles. The average molecular weight is 537 g/mol. The Morgan fingerprint density at radius 1 is 1.29 bits per heavy atom. The monoisotopic (exact) mass is 535 g/mol. The van der Waals surface area contributed by atoms with Crippen LogP contribution in [0.4, 0.5) is 31.2 Å². The van der Waals surface area contributed by atoms with Gasteiger partial charge in [0.1, 0.15) is 24.8 Å². The lowest BCUT2D eigenvalue weighted by atomic mass is 10.2. The van der Waals surface area contributed by atoms with E-state index in [0.717, 1.165) is 18.0 Å². The van der Waals surface area contributed by atoms with Gasteiger partial charge < -0.3 is 24.2 Å². The molecule has 0 unspecified atom stereocenters. The van der Waals surface area contributed by atoms with Crippen molar-refractivity contribution >= 4 is 64.2 Å². The van der Waals surface area contributed by atoms with E-state index in [1.54, 1.807) is 12.1 Å². The van der Waals surface area contributed by atoms with Crippen molar-refractivity contribution in [1.29, 1.82) is 0 Å². The lowest BCUT2D eigenvalue weighted by Gasteiger charge is -2.30. The predicted molar refractivity (Wildman–Crippen MR) is 125 cm³/mol. The Hall–Kier alpha value is -2.47. The normalized spacial score (nSPS) is 18.7. The molecular weight excluding hydrogens is 516 g/mol. The highest BCUT2D eigenvalue weighted by molar-refractivity contribution is 6.67. The van der Waals surface area contributed by atoms with E-state index in [1.165, 1.54) is 23.3 Å². The number of benzene rings is 1. The van der Waals surface area contributed by atoms with Gasteiger partial charge in [-0.15, -0.1) is 0 Å². The fourth-order valence-corrected chi connectivity index (χ4v) is 3.85. The molecule has 0 bridgehead atoms. The van der Waals surface area contributed by atoms with E-state index in [4.69, 9.17) is 48.8 Å². The first-order valence-corrected chi connectivity index (χ1v) is 11.5. The third kappa shape index (κ3) is 5.96. The third-order valence-electron chi connectivity index (χ3n) is 5.24. The summed E-state index contributed by atoms with van der Waals surface area (Å²) in [7, 11) is 0. The number of halogens is 4. The Morgan fingerprint density at radius 2 is 2.06 bits per heavy atom. The highest BCUT2D eigenvalue weighted by atomic mass is 35.6. The van der Waals surface area contributed by atoms with Gasteiger partial charge in [0.15, 0.2) is 5.82 Å². The first-order chi connectivity index (χ1) is 16.2. The Bertz CT molecular complexity index is 1020. The SMILES string of the molecule is O=C1O[C@@H](CN(C(=O)OCC(Cl)(Cl)Cl)c2ccon2)CN1c1ccc(N2CCNCC2)c(F)c1. The molecule has 3 heterocycles. The standard InChI is InChI=1S/C20H21Cl3FN5O5/c21-20(22,23)12-32-18(30)29(17-3-8-33-26-17)11-14-10-28(19(31)34-14)13-1-2-16(15(24)9-13)27-6-4-25-5-7-27/h1-3,8-9,14,25H,4-7,10-12H2/t14-/m1/s1. The number of ether oxygens (including phenoxy) is 2. The number of aromatic nitrogens is 1. The first-order valence-electron chi connectivity index (χ1n) is 10.4. The molecule has 0 radical (unpaired) electrons. The molecule has 4 rings (SSSR count). The van der Waals surface area contributed by atoms with E-state index in [0.29, 0.717) is 24.5 Å². The number of hydrogen-bond donors (Lipinski definition) is 1. The second-order valence-corrected chi connectivity index (χ2v) is 10.1. The van der Waals surface area contributed by atoms with E-state index in [1.807, 2.05) is 4.90 Å². The van der Waals surface area contributed by atoms with Crippen LogP contribution in [0.5, 0.6) is 0 Å². The van der Waals surface area contributed by atoms with Crippen molar-refractivity contribution in [2.24, 2.45) is 0 Å². The van der Waals surface area contributed by atoms with Gasteiger partial charge in [-0.3, -0.25) is 9.80 Å². The molecule has 0 saturated carbocycles.